The van der Waals surface area contributed by atoms with Gasteiger partial charge in [0.25, 0.3) is 0 Å². The van der Waals surface area contributed by atoms with Crippen LogP contribution in [0.1, 0.15) is 19.8 Å². The number of hydrogen-bond acceptors (Lipinski definition) is 2. The fraction of sp³-hybridized carbons (Fsp3) is 1.00. The summed E-state index contributed by atoms with van der Waals surface area (Å²) in [6.07, 6.45) is 2.52. The summed E-state index contributed by atoms with van der Waals surface area (Å²) in [5.74, 6) is 1.33. The van der Waals surface area contributed by atoms with E-state index in [9.17, 15) is 0 Å². The Morgan fingerprint density at radius 3 is 2.82 bits per heavy atom. The van der Waals surface area contributed by atoms with Crippen molar-refractivity contribution in [3.63, 3.8) is 0 Å². The van der Waals surface area contributed by atoms with E-state index in [1.165, 1.54) is 25.9 Å². The van der Waals surface area contributed by atoms with Crippen LogP contribution in [0.25, 0.3) is 0 Å². The van der Waals surface area contributed by atoms with Gasteiger partial charge in [-0.1, -0.05) is 6.92 Å². The number of hydrogen-bond donors (Lipinski definition) is 1. The zero-order valence-electron chi connectivity index (χ0n) is 7.58. The fourth-order valence-electron chi connectivity index (χ4n) is 1.86. The molecule has 2 heteroatoms. The van der Waals surface area contributed by atoms with Gasteiger partial charge in [0.1, 0.15) is 0 Å². The maximum Gasteiger partial charge on any atom is 0.0456 e. The van der Waals surface area contributed by atoms with Gasteiger partial charge in [-0.3, -0.25) is 0 Å². The summed E-state index contributed by atoms with van der Waals surface area (Å²) in [4.78, 5) is 2.37. The van der Waals surface area contributed by atoms with Crippen LogP contribution in [0, 0.1) is 11.8 Å². The van der Waals surface area contributed by atoms with Gasteiger partial charge in [-0.2, -0.15) is 0 Å². The van der Waals surface area contributed by atoms with Crippen molar-refractivity contribution >= 4 is 0 Å². The van der Waals surface area contributed by atoms with E-state index in [1.54, 1.807) is 0 Å². The lowest BCUT2D eigenvalue weighted by atomic mass is 9.96. The lowest BCUT2D eigenvalue weighted by Gasteiger charge is -2.13. The largest absolute Gasteiger partial charge is 0.396 e. The van der Waals surface area contributed by atoms with E-state index in [1.807, 2.05) is 0 Å². The smallest absolute Gasteiger partial charge is 0.0456 e. The third-order valence-electron chi connectivity index (χ3n) is 2.54. The summed E-state index contributed by atoms with van der Waals surface area (Å²) in [7, 11) is 2.17. The van der Waals surface area contributed by atoms with Crippen LogP contribution in [0.15, 0.2) is 0 Å². The highest BCUT2D eigenvalue weighted by Gasteiger charge is 2.20. The molecule has 0 aromatic heterocycles. The zero-order valence-corrected chi connectivity index (χ0v) is 7.58. The number of aliphatic hydroxyl groups is 1. The standard InChI is InChI=1S/C9H19NO/c1-8(7-11)5-9-3-4-10(2)6-9/h8-9,11H,3-7H2,1-2H3. The molecule has 1 saturated heterocycles. The second-order valence-electron chi connectivity index (χ2n) is 3.94. The second-order valence-corrected chi connectivity index (χ2v) is 3.94. The number of likely N-dealkylation sites (tertiary alicyclic amines) is 1. The van der Waals surface area contributed by atoms with E-state index in [2.05, 4.69) is 18.9 Å². The predicted molar refractivity (Wildman–Crippen MR) is 46.5 cm³/mol. The summed E-state index contributed by atoms with van der Waals surface area (Å²) in [6.45, 7) is 4.94. The molecule has 66 valence electrons. The molecule has 0 aromatic carbocycles. The molecule has 1 rings (SSSR count). The first-order valence-corrected chi connectivity index (χ1v) is 4.51. The van der Waals surface area contributed by atoms with E-state index in [0.29, 0.717) is 12.5 Å². The minimum Gasteiger partial charge on any atom is -0.396 e. The zero-order chi connectivity index (χ0) is 8.27. The molecule has 0 aliphatic carbocycles. The first-order valence-electron chi connectivity index (χ1n) is 4.51. The Hall–Kier alpha value is -0.0800. The Morgan fingerprint density at radius 2 is 2.36 bits per heavy atom. The van der Waals surface area contributed by atoms with Crippen molar-refractivity contribution in [2.45, 2.75) is 19.8 Å². The van der Waals surface area contributed by atoms with Gasteiger partial charge >= 0.3 is 0 Å². The highest BCUT2D eigenvalue weighted by atomic mass is 16.3. The average Bonchev–Trinajstić information content (AvgIpc) is 2.35. The molecule has 1 aliphatic rings. The van der Waals surface area contributed by atoms with Gasteiger partial charge in [-0.25, -0.2) is 0 Å². The van der Waals surface area contributed by atoms with Crippen molar-refractivity contribution in [1.29, 1.82) is 0 Å². The number of rotatable bonds is 3. The van der Waals surface area contributed by atoms with Crippen LogP contribution in [-0.2, 0) is 0 Å². The Labute approximate surface area is 69.2 Å². The molecule has 11 heavy (non-hydrogen) atoms. The maximum atomic E-state index is 8.85. The molecule has 0 spiro atoms. The molecular weight excluding hydrogens is 138 g/mol. The van der Waals surface area contributed by atoms with E-state index < -0.39 is 0 Å². The highest BCUT2D eigenvalue weighted by molar-refractivity contribution is 4.74. The Bertz CT molecular complexity index is 116. The molecule has 1 N–H and O–H groups in total. The van der Waals surface area contributed by atoms with Crippen LogP contribution in [-0.4, -0.2) is 36.8 Å². The molecule has 0 radical (unpaired) electrons. The van der Waals surface area contributed by atoms with Gasteiger partial charge in [0.05, 0.1) is 0 Å². The Balaban J connectivity index is 2.17. The third-order valence-corrected chi connectivity index (χ3v) is 2.54. The van der Waals surface area contributed by atoms with Gasteiger partial charge < -0.3 is 10.0 Å². The molecular formula is C9H19NO. The van der Waals surface area contributed by atoms with E-state index >= 15 is 0 Å². The van der Waals surface area contributed by atoms with E-state index in [0.717, 1.165) is 5.92 Å². The van der Waals surface area contributed by atoms with E-state index in [-0.39, 0.29) is 0 Å². The Kier molecular flexibility index (Phi) is 3.34. The van der Waals surface area contributed by atoms with Crippen LogP contribution >= 0.6 is 0 Å². The van der Waals surface area contributed by atoms with Crippen LogP contribution < -0.4 is 0 Å². The van der Waals surface area contributed by atoms with Crippen LogP contribution in [0.4, 0.5) is 0 Å². The summed E-state index contributed by atoms with van der Waals surface area (Å²) in [5.41, 5.74) is 0. The van der Waals surface area contributed by atoms with Gasteiger partial charge in [0, 0.05) is 13.2 Å². The van der Waals surface area contributed by atoms with Crippen molar-refractivity contribution < 1.29 is 5.11 Å². The quantitative estimate of drug-likeness (QED) is 0.659. The summed E-state index contributed by atoms with van der Waals surface area (Å²) in [6, 6.07) is 0. The van der Waals surface area contributed by atoms with Gasteiger partial charge in [0.15, 0.2) is 0 Å². The highest BCUT2D eigenvalue weighted by Crippen LogP contribution is 2.21. The minimum atomic E-state index is 0.347. The van der Waals surface area contributed by atoms with Crippen molar-refractivity contribution in [2.24, 2.45) is 11.8 Å². The average molecular weight is 157 g/mol. The van der Waals surface area contributed by atoms with E-state index in [4.69, 9.17) is 5.11 Å². The monoisotopic (exact) mass is 157 g/mol. The first kappa shape index (κ1) is 9.01. The number of aliphatic hydroxyl groups excluding tert-OH is 1. The lowest BCUT2D eigenvalue weighted by Crippen LogP contribution is -2.16. The molecule has 1 fully saturated rings. The Morgan fingerprint density at radius 1 is 1.64 bits per heavy atom. The summed E-state index contributed by atoms with van der Waals surface area (Å²) < 4.78 is 0. The molecule has 2 unspecified atom stereocenters. The van der Waals surface area contributed by atoms with Gasteiger partial charge in [-0.05, 0) is 38.3 Å². The summed E-state index contributed by atoms with van der Waals surface area (Å²) >= 11 is 0. The van der Waals surface area contributed by atoms with Crippen LogP contribution in [0.2, 0.25) is 0 Å². The topological polar surface area (TPSA) is 23.5 Å². The van der Waals surface area contributed by atoms with Crippen molar-refractivity contribution in [2.75, 3.05) is 26.7 Å². The minimum absolute atomic E-state index is 0.347. The van der Waals surface area contributed by atoms with Crippen molar-refractivity contribution in [3.8, 4) is 0 Å². The fourth-order valence-corrected chi connectivity index (χ4v) is 1.86. The molecule has 1 aliphatic heterocycles. The number of nitrogens with zero attached hydrogens (tertiary/aromatic N) is 1. The summed E-state index contributed by atoms with van der Waals surface area (Å²) in [5, 5.41) is 8.85. The van der Waals surface area contributed by atoms with Gasteiger partial charge in [-0.15, -0.1) is 0 Å². The van der Waals surface area contributed by atoms with Gasteiger partial charge in [0.2, 0.25) is 0 Å². The molecule has 0 amide bonds. The molecule has 0 bridgehead atoms. The molecule has 2 atom stereocenters. The SMILES string of the molecule is CC(CO)CC1CCN(C)C1. The maximum absolute atomic E-state index is 8.85. The molecule has 0 saturated carbocycles. The van der Waals surface area contributed by atoms with Crippen LogP contribution in [0.5, 0.6) is 0 Å². The van der Waals surface area contributed by atoms with Crippen molar-refractivity contribution in [1.82, 2.24) is 4.90 Å². The first-order chi connectivity index (χ1) is 5.22. The molecule has 1 heterocycles. The second kappa shape index (κ2) is 4.07. The lowest BCUT2D eigenvalue weighted by molar-refractivity contribution is 0.212. The van der Waals surface area contributed by atoms with Crippen LogP contribution in [0.3, 0.4) is 0 Å². The van der Waals surface area contributed by atoms with Crippen molar-refractivity contribution in [3.05, 3.63) is 0 Å². The predicted octanol–water partition coefficient (Wildman–Crippen LogP) is 0.957. The third kappa shape index (κ3) is 2.80. The molecule has 2 nitrogen and oxygen atoms in total. The normalized spacial score (nSPS) is 29.2. The molecule has 0 aromatic rings.